The smallest absolute Gasteiger partial charge is 0.258 e. The van der Waals surface area contributed by atoms with Crippen molar-refractivity contribution in [2.45, 2.75) is 33.2 Å². The van der Waals surface area contributed by atoms with Gasteiger partial charge in [-0.2, -0.15) is 0 Å². The highest BCUT2D eigenvalue weighted by Gasteiger charge is 2.08. The van der Waals surface area contributed by atoms with E-state index in [1.807, 2.05) is 43.3 Å². The molecule has 0 spiro atoms. The van der Waals surface area contributed by atoms with Gasteiger partial charge in [0, 0.05) is 6.54 Å². The van der Waals surface area contributed by atoms with Crippen molar-refractivity contribution >= 4 is 21.8 Å². The Hall–Kier alpha value is -1.81. The molecular weight excluding hydrogens is 354 g/mol. The van der Waals surface area contributed by atoms with Crippen LogP contribution in [-0.4, -0.2) is 12.5 Å². The summed E-state index contributed by atoms with van der Waals surface area (Å²) in [5.74, 6) is 1.00. The molecule has 122 valence electrons. The van der Waals surface area contributed by atoms with Gasteiger partial charge in [0.1, 0.15) is 5.75 Å². The summed E-state index contributed by atoms with van der Waals surface area (Å²) in [5.41, 5.74) is 3.50. The average molecular weight is 376 g/mol. The van der Waals surface area contributed by atoms with Crippen molar-refractivity contribution < 1.29 is 9.53 Å². The maximum atomic E-state index is 11.9. The van der Waals surface area contributed by atoms with Crippen LogP contribution in [0, 0.1) is 6.92 Å². The lowest BCUT2D eigenvalue weighted by Gasteiger charge is -2.11. The van der Waals surface area contributed by atoms with E-state index in [2.05, 4.69) is 41.2 Å². The van der Waals surface area contributed by atoms with Crippen molar-refractivity contribution in [3.8, 4) is 5.75 Å². The second-order valence-corrected chi connectivity index (χ2v) is 6.75. The molecule has 0 saturated carbocycles. The predicted molar refractivity (Wildman–Crippen MR) is 96.8 cm³/mol. The van der Waals surface area contributed by atoms with Gasteiger partial charge in [-0.1, -0.05) is 49.7 Å². The minimum absolute atomic E-state index is 0.00540. The van der Waals surface area contributed by atoms with E-state index in [-0.39, 0.29) is 12.5 Å². The lowest BCUT2D eigenvalue weighted by atomic mass is 10.0. The molecule has 0 bridgehead atoms. The van der Waals surface area contributed by atoms with Crippen molar-refractivity contribution in [1.29, 1.82) is 0 Å². The monoisotopic (exact) mass is 375 g/mol. The van der Waals surface area contributed by atoms with Crippen LogP contribution < -0.4 is 10.1 Å². The summed E-state index contributed by atoms with van der Waals surface area (Å²) in [6, 6.07) is 14.0. The Balaban J connectivity index is 1.84. The molecule has 0 aromatic heterocycles. The number of rotatable bonds is 6. The Bertz CT molecular complexity index is 683. The zero-order valence-corrected chi connectivity index (χ0v) is 15.3. The van der Waals surface area contributed by atoms with E-state index in [1.54, 1.807) is 0 Å². The molecular formula is C19H22BrNO2. The minimum Gasteiger partial charge on any atom is -0.483 e. The minimum atomic E-state index is -0.133. The molecule has 0 aliphatic carbocycles. The number of aryl methyl sites for hydroxylation is 1. The fourth-order valence-corrected chi connectivity index (χ4v) is 2.72. The van der Waals surface area contributed by atoms with E-state index in [0.717, 1.165) is 10.0 Å². The number of benzene rings is 2. The molecule has 0 unspecified atom stereocenters. The van der Waals surface area contributed by atoms with E-state index in [0.29, 0.717) is 18.2 Å². The fourth-order valence-electron chi connectivity index (χ4n) is 2.21. The van der Waals surface area contributed by atoms with Crippen LogP contribution in [0.25, 0.3) is 0 Å². The first-order valence-corrected chi connectivity index (χ1v) is 8.49. The summed E-state index contributed by atoms with van der Waals surface area (Å²) in [6.45, 7) is 6.83. The summed E-state index contributed by atoms with van der Waals surface area (Å²) in [4.78, 5) is 11.9. The predicted octanol–water partition coefficient (Wildman–Crippen LogP) is 4.58. The molecule has 1 N–H and O–H groups in total. The van der Waals surface area contributed by atoms with E-state index in [1.165, 1.54) is 11.1 Å². The Morgan fingerprint density at radius 1 is 1.22 bits per heavy atom. The Kier molecular flexibility index (Phi) is 6.22. The quantitative estimate of drug-likeness (QED) is 0.802. The highest BCUT2D eigenvalue weighted by Crippen LogP contribution is 2.28. The number of carbonyl (C=O) groups excluding carboxylic acids is 1. The second-order valence-electron chi connectivity index (χ2n) is 5.90. The van der Waals surface area contributed by atoms with Gasteiger partial charge in [-0.25, -0.2) is 0 Å². The Labute approximate surface area is 146 Å². The van der Waals surface area contributed by atoms with Crippen LogP contribution in [0.3, 0.4) is 0 Å². The molecule has 1 amide bonds. The van der Waals surface area contributed by atoms with Gasteiger partial charge >= 0.3 is 0 Å². The molecule has 4 heteroatoms. The zero-order valence-electron chi connectivity index (χ0n) is 13.7. The van der Waals surface area contributed by atoms with Gasteiger partial charge in [0.25, 0.3) is 5.91 Å². The van der Waals surface area contributed by atoms with Crippen molar-refractivity contribution in [2.75, 3.05) is 6.61 Å². The molecule has 0 atom stereocenters. The number of amides is 1. The first-order chi connectivity index (χ1) is 11.0. The third-order valence-electron chi connectivity index (χ3n) is 3.55. The SMILES string of the molecule is Cc1cccc(CNC(=O)COc2ccc(C(C)C)cc2Br)c1. The van der Waals surface area contributed by atoms with Crippen LogP contribution in [0.1, 0.15) is 36.5 Å². The van der Waals surface area contributed by atoms with Gasteiger partial charge in [0.05, 0.1) is 4.47 Å². The highest BCUT2D eigenvalue weighted by atomic mass is 79.9. The van der Waals surface area contributed by atoms with Crippen molar-refractivity contribution in [2.24, 2.45) is 0 Å². The van der Waals surface area contributed by atoms with Gasteiger partial charge in [-0.15, -0.1) is 0 Å². The number of halogens is 1. The molecule has 0 radical (unpaired) electrons. The standard InChI is InChI=1S/C19H22BrNO2/c1-13(2)16-7-8-18(17(20)10-16)23-12-19(22)21-11-15-6-4-5-14(3)9-15/h4-10,13H,11-12H2,1-3H3,(H,21,22). The maximum absolute atomic E-state index is 11.9. The third-order valence-corrected chi connectivity index (χ3v) is 4.17. The van der Waals surface area contributed by atoms with Crippen molar-refractivity contribution in [1.82, 2.24) is 5.32 Å². The van der Waals surface area contributed by atoms with Gasteiger partial charge < -0.3 is 10.1 Å². The number of ether oxygens (including phenoxy) is 1. The van der Waals surface area contributed by atoms with Crippen molar-refractivity contribution in [3.05, 3.63) is 63.6 Å². The van der Waals surface area contributed by atoms with Crippen LogP contribution in [-0.2, 0) is 11.3 Å². The first kappa shape index (κ1) is 17.5. The molecule has 0 heterocycles. The van der Waals surface area contributed by atoms with E-state index < -0.39 is 0 Å². The molecule has 3 nitrogen and oxygen atoms in total. The van der Waals surface area contributed by atoms with Crippen LogP contribution in [0.4, 0.5) is 0 Å². The average Bonchev–Trinajstić information content (AvgIpc) is 2.51. The summed E-state index contributed by atoms with van der Waals surface area (Å²) in [6.07, 6.45) is 0. The van der Waals surface area contributed by atoms with E-state index >= 15 is 0 Å². The first-order valence-electron chi connectivity index (χ1n) is 7.70. The third kappa shape index (κ3) is 5.39. The van der Waals surface area contributed by atoms with E-state index in [9.17, 15) is 4.79 Å². The van der Waals surface area contributed by atoms with Gasteiger partial charge in [0.15, 0.2) is 6.61 Å². The molecule has 0 saturated heterocycles. The van der Waals surface area contributed by atoms with Gasteiger partial charge in [-0.3, -0.25) is 4.79 Å². The topological polar surface area (TPSA) is 38.3 Å². The Morgan fingerprint density at radius 2 is 2.00 bits per heavy atom. The van der Waals surface area contributed by atoms with Crippen LogP contribution in [0.5, 0.6) is 5.75 Å². The lowest BCUT2D eigenvalue weighted by molar-refractivity contribution is -0.123. The molecule has 2 aromatic rings. The van der Waals surface area contributed by atoms with Crippen molar-refractivity contribution in [3.63, 3.8) is 0 Å². The van der Waals surface area contributed by atoms with Crippen LogP contribution in [0.2, 0.25) is 0 Å². The van der Waals surface area contributed by atoms with Gasteiger partial charge in [0.2, 0.25) is 0 Å². The number of carbonyl (C=O) groups is 1. The van der Waals surface area contributed by atoms with Gasteiger partial charge in [-0.05, 0) is 52.0 Å². The summed E-state index contributed by atoms with van der Waals surface area (Å²) < 4.78 is 6.46. The number of hydrogen-bond donors (Lipinski definition) is 1. The molecule has 0 aliphatic heterocycles. The number of hydrogen-bond acceptors (Lipinski definition) is 2. The van der Waals surface area contributed by atoms with E-state index in [4.69, 9.17) is 4.74 Å². The molecule has 2 rings (SSSR count). The lowest BCUT2D eigenvalue weighted by Crippen LogP contribution is -2.28. The summed E-state index contributed by atoms with van der Waals surface area (Å²) in [7, 11) is 0. The molecule has 0 aliphatic rings. The molecule has 0 fully saturated rings. The summed E-state index contributed by atoms with van der Waals surface area (Å²) in [5, 5.41) is 2.87. The number of nitrogens with one attached hydrogen (secondary N) is 1. The van der Waals surface area contributed by atoms with Crippen LogP contribution >= 0.6 is 15.9 Å². The summed E-state index contributed by atoms with van der Waals surface area (Å²) >= 11 is 3.49. The fraction of sp³-hybridized carbons (Fsp3) is 0.316. The maximum Gasteiger partial charge on any atom is 0.258 e. The normalized spacial score (nSPS) is 10.7. The Morgan fingerprint density at radius 3 is 2.65 bits per heavy atom. The zero-order chi connectivity index (χ0) is 16.8. The highest BCUT2D eigenvalue weighted by molar-refractivity contribution is 9.10. The largest absolute Gasteiger partial charge is 0.483 e. The second kappa shape index (κ2) is 8.16. The van der Waals surface area contributed by atoms with Crippen LogP contribution in [0.15, 0.2) is 46.9 Å². The molecule has 2 aromatic carbocycles. The molecule has 23 heavy (non-hydrogen) atoms.